The molecule has 1 aliphatic carbocycles. The van der Waals surface area contributed by atoms with Gasteiger partial charge >= 0.3 is 6.09 Å². The first-order valence-corrected chi connectivity index (χ1v) is 14.6. The van der Waals surface area contributed by atoms with Crippen molar-refractivity contribution >= 4 is 39.6 Å². The number of nitrogens with zero attached hydrogens (tertiary/aromatic N) is 5. The molecule has 1 saturated heterocycles. The number of aryl methyl sites for hydroxylation is 1. The lowest BCUT2D eigenvalue weighted by Gasteiger charge is -2.42. The van der Waals surface area contributed by atoms with Crippen molar-refractivity contribution in [3.05, 3.63) is 56.5 Å². The maximum Gasteiger partial charge on any atom is 0.410 e. The van der Waals surface area contributed by atoms with Crippen LogP contribution in [0.5, 0.6) is 0 Å². The number of piperazine rings is 1. The lowest BCUT2D eigenvalue weighted by atomic mass is 9.87. The molecule has 5 rings (SSSR count). The van der Waals surface area contributed by atoms with Crippen LogP contribution in [0.1, 0.15) is 49.6 Å². The second-order valence-corrected chi connectivity index (χ2v) is 12.4. The molecule has 0 saturated carbocycles. The van der Waals surface area contributed by atoms with Gasteiger partial charge < -0.3 is 19.2 Å². The van der Waals surface area contributed by atoms with Crippen molar-refractivity contribution in [3.8, 4) is 0 Å². The van der Waals surface area contributed by atoms with E-state index in [0.717, 1.165) is 39.5 Å². The van der Waals surface area contributed by atoms with Gasteiger partial charge in [-0.05, 0) is 51.5 Å². The fourth-order valence-corrected chi connectivity index (χ4v) is 6.76. The van der Waals surface area contributed by atoms with Gasteiger partial charge in [-0.25, -0.2) is 21.3 Å². The summed E-state index contributed by atoms with van der Waals surface area (Å²) < 4.78 is 13.4. The molecule has 0 radical (unpaired) electrons. The topological polar surface area (TPSA) is 72.2 Å². The third-order valence-electron chi connectivity index (χ3n) is 7.24. The lowest BCUT2D eigenvalue weighted by molar-refractivity contribution is -0.0735. The second kappa shape index (κ2) is 10.1. The average Bonchev–Trinajstić information content (AvgIpc) is 3.21. The van der Waals surface area contributed by atoms with Crippen molar-refractivity contribution in [3.63, 3.8) is 0 Å². The minimum Gasteiger partial charge on any atom is -0.444 e. The molecule has 2 atom stereocenters. The molecule has 0 N–H and O–H groups in total. The van der Waals surface area contributed by atoms with Crippen LogP contribution in [-0.2, 0) is 34.5 Å². The molecule has 8 nitrogen and oxygen atoms in total. The van der Waals surface area contributed by atoms with Crippen LogP contribution in [0.25, 0.3) is 4.85 Å². The van der Waals surface area contributed by atoms with Crippen LogP contribution < -0.4 is 4.90 Å². The normalized spacial score (nSPS) is 23.0. The Morgan fingerprint density at radius 2 is 2.16 bits per heavy atom. The van der Waals surface area contributed by atoms with Crippen molar-refractivity contribution in [1.29, 1.82) is 0 Å². The smallest absolute Gasteiger partial charge is 0.410 e. The number of hydrogen-bond donors (Lipinski definition) is 0. The maximum atomic E-state index is 12.9. The van der Waals surface area contributed by atoms with Crippen LogP contribution in [-0.4, -0.2) is 65.0 Å². The van der Waals surface area contributed by atoms with Crippen molar-refractivity contribution < 1.29 is 14.3 Å². The number of rotatable bonds is 3. The highest BCUT2D eigenvalue weighted by atomic mass is 79.9. The van der Waals surface area contributed by atoms with Gasteiger partial charge in [-0.2, -0.15) is 0 Å². The van der Waals surface area contributed by atoms with Gasteiger partial charge in [-0.15, -0.1) is 0 Å². The van der Waals surface area contributed by atoms with E-state index in [1.807, 2.05) is 27.0 Å². The molecule has 196 valence electrons. The number of anilines is 1. The summed E-state index contributed by atoms with van der Waals surface area (Å²) in [5.74, 6) is 0.855. The predicted octanol–water partition coefficient (Wildman–Crippen LogP) is 5.22. The highest BCUT2D eigenvalue weighted by Crippen LogP contribution is 2.49. The van der Waals surface area contributed by atoms with E-state index < -0.39 is 5.60 Å². The fourth-order valence-electron chi connectivity index (χ4n) is 5.61. The minimum atomic E-state index is -0.586. The summed E-state index contributed by atoms with van der Waals surface area (Å²) in [6.07, 6.45) is 4.24. The van der Waals surface area contributed by atoms with E-state index in [9.17, 15) is 4.79 Å². The number of ether oxygens (including phenoxy) is 2. The van der Waals surface area contributed by atoms with Crippen LogP contribution in [0.4, 0.5) is 10.6 Å². The monoisotopic (exact) mass is 585 g/mol. The number of fused-ring (bicyclic) bond motifs is 3. The average molecular weight is 587 g/mol. The molecule has 37 heavy (non-hydrogen) atoms. The van der Waals surface area contributed by atoms with E-state index in [1.165, 1.54) is 22.9 Å². The van der Waals surface area contributed by atoms with Gasteiger partial charge in [0.15, 0.2) is 5.16 Å². The first-order valence-electron chi connectivity index (χ1n) is 12.6. The molecule has 1 spiro atoms. The molecule has 3 heterocycles. The number of thioether (sulfide) groups is 1. The SMILES string of the molecule is [C-]#[N+]C[C@H]1CN(c2nc(SC)nc3c2COC2(CCc4cccc(Br)c42)C3)CCN1C(=O)OC(C)(C)C. The summed E-state index contributed by atoms with van der Waals surface area (Å²) >= 11 is 5.30. The van der Waals surface area contributed by atoms with Gasteiger partial charge in [0, 0.05) is 41.7 Å². The van der Waals surface area contributed by atoms with E-state index in [4.69, 9.17) is 26.0 Å². The van der Waals surface area contributed by atoms with Crippen LogP contribution >= 0.6 is 27.7 Å². The highest BCUT2D eigenvalue weighted by Gasteiger charge is 2.46. The van der Waals surface area contributed by atoms with Crippen LogP contribution in [0.15, 0.2) is 27.8 Å². The number of hydrogen-bond acceptors (Lipinski definition) is 7. The summed E-state index contributed by atoms with van der Waals surface area (Å²) in [5, 5.41) is 0.729. The van der Waals surface area contributed by atoms with Gasteiger partial charge in [-0.3, -0.25) is 4.90 Å². The number of aromatic nitrogens is 2. The van der Waals surface area contributed by atoms with Crippen LogP contribution in [0, 0.1) is 6.57 Å². The van der Waals surface area contributed by atoms with Gasteiger partial charge in [0.25, 0.3) is 0 Å². The van der Waals surface area contributed by atoms with E-state index in [2.05, 4.69) is 43.9 Å². The van der Waals surface area contributed by atoms with E-state index in [1.54, 1.807) is 4.90 Å². The summed E-state index contributed by atoms with van der Waals surface area (Å²) in [6.45, 7) is 15.3. The van der Waals surface area contributed by atoms with Crippen molar-refractivity contribution in [2.24, 2.45) is 0 Å². The molecule has 1 aromatic heterocycles. The third kappa shape index (κ3) is 5.06. The third-order valence-corrected chi connectivity index (χ3v) is 8.45. The summed E-state index contributed by atoms with van der Waals surface area (Å²) in [5.41, 5.74) is 3.65. The Hall–Kier alpha value is -2.35. The van der Waals surface area contributed by atoms with Crippen molar-refractivity contribution in [2.75, 3.05) is 37.3 Å². The molecule has 1 fully saturated rings. The number of carbonyl (C=O) groups is 1. The summed E-state index contributed by atoms with van der Waals surface area (Å²) in [4.78, 5) is 30.2. The zero-order valence-electron chi connectivity index (χ0n) is 21.7. The summed E-state index contributed by atoms with van der Waals surface area (Å²) in [7, 11) is 0. The van der Waals surface area contributed by atoms with Crippen molar-refractivity contribution in [1.82, 2.24) is 14.9 Å². The lowest BCUT2D eigenvalue weighted by Crippen LogP contribution is -2.57. The molecule has 1 unspecified atom stereocenters. The Morgan fingerprint density at radius 1 is 1.35 bits per heavy atom. The number of carbonyl (C=O) groups excluding carboxylic acids is 1. The second-order valence-electron chi connectivity index (χ2n) is 10.8. The highest BCUT2D eigenvalue weighted by molar-refractivity contribution is 9.10. The van der Waals surface area contributed by atoms with E-state index >= 15 is 0 Å². The fraction of sp³-hybridized carbons (Fsp3) is 0.556. The summed E-state index contributed by atoms with van der Waals surface area (Å²) in [6, 6.07) is 6.08. The largest absolute Gasteiger partial charge is 0.444 e. The first-order chi connectivity index (χ1) is 17.6. The molecule has 1 amide bonds. The van der Waals surface area contributed by atoms with E-state index in [-0.39, 0.29) is 24.3 Å². The minimum absolute atomic E-state index is 0.211. The predicted molar refractivity (Wildman–Crippen MR) is 147 cm³/mol. The molecule has 1 aromatic carbocycles. The number of halogens is 1. The zero-order valence-corrected chi connectivity index (χ0v) is 24.1. The molecule has 3 aliphatic rings. The van der Waals surface area contributed by atoms with Gasteiger partial charge in [0.2, 0.25) is 6.54 Å². The maximum absolute atomic E-state index is 12.9. The molecular formula is C27H32BrN5O3S. The molecule has 0 bridgehead atoms. The standard InChI is InChI=1S/C27H32BrN5O3S/c1-26(2,3)36-25(34)33-12-11-32(15-18(33)14-29-4)23-19-16-35-27(13-21(19)30-24(31-23)37-5)10-9-17-7-6-8-20(28)22(17)27/h6-8,18H,9-16H2,1-3,5H3/t18-,27?/m0/s1. The van der Waals surface area contributed by atoms with Gasteiger partial charge in [-0.1, -0.05) is 39.8 Å². The van der Waals surface area contributed by atoms with Gasteiger partial charge in [0.05, 0.1) is 12.3 Å². The van der Waals surface area contributed by atoms with Gasteiger partial charge in [0.1, 0.15) is 23.1 Å². The Labute approximate surface area is 231 Å². The molecule has 10 heteroatoms. The number of benzene rings is 1. The molecular weight excluding hydrogens is 554 g/mol. The Morgan fingerprint density at radius 3 is 2.89 bits per heavy atom. The molecule has 2 aromatic rings. The van der Waals surface area contributed by atoms with Crippen molar-refractivity contribution in [2.45, 2.75) is 69.0 Å². The van der Waals surface area contributed by atoms with Crippen LogP contribution in [0.2, 0.25) is 0 Å². The molecule has 2 aliphatic heterocycles. The Kier molecular flexibility index (Phi) is 7.16. The number of amides is 1. The Bertz CT molecular complexity index is 1260. The quantitative estimate of drug-likeness (QED) is 0.278. The first kappa shape index (κ1) is 26.3. The van der Waals surface area contributed by atoms with E-state index in [0.29, 0.717) is 32.7 Å². The van der Waals surface area contributed by atoms with Crippen LogP contribution in [0.3, 0.4) is 0 Å². The zero-order chi connectivity index (χ0) is 26.4. The Balaban J connectivity index is 1.45.